The molecule has 0 saturated carbocycles. The number of aliphatic carboxylic acids is 1. The van der Waals surface area contributed by atoms with E-state index >= 15 is 0 Å². The van der Waals surface area contributed by atoms with Crippen LogP contribution in [0.1, 0.15) is 367 Å². The van der Waals surface area contributed by atoms with Crippen LogP contribution in [0.5, 0.6) is 0 Å². The highest BCUT2D eigenvalue weighted by Crippen LogP contribution is 2.19. The molecule has 0 amide bonds. The summed E-state index contributed by atoms with van der Waals surface area (Å²) in [6.07, 6.45) is 109. The molecule has 0 aliphatic heterocycles. The second-order valence-electron chi connectivity index (χ2n) is 28.7. The highest BCUT2D eigenvalue weighted by molar-refractivity contribution is 5.70. The molecule has 2 atom stereocenters. The zero-order valence-corrected chi connectivity index (χ0v) is 64.6. The number of carboxylic acids is 1. The van der Waals surface area contributed by atoms with Gasteiger partial charge in [0.2, 0.25) is 0 Å². The van der Waals surface area contributed by atoms with Gasteiger partial charge in [0, 0.05) is 12.8 Å². The van der Waals surface area contributed by atoms with Gasteiger partial charge in [-0.2, -0.15) is 0 Å². The summed E-state index contributed by atoms with van der Waals surface area (Å²) in [7, 11) is 5.92. The maximum Gasteiger partial charge on any atom is 0.306 e. The lowest BCUT2D eigenvalue weighted by Crippen LogP contribution is -2.44. The molecule has 0 aliphatic rings. The molecule has 0 aromatic rings. The van der Waals surface area contributed by atoms with Gasteiger partial charge >= 0.3 is 11.9 Å². The van der Waals surface area contributed by atoms with E-state index in [1.807, 2.05) is 21.1 Å². The summed E-state index contributed by atoms with van der Waals surface area (Å²) < 4.78 is 22.8. The molecule has 9 nitrogen and oxygen atoms in total. The molecule has 0 N–H and O–H groups in total. The first-order valence-corrected chi connectivity index (χ1v) is 41.2. The van der Waals surface area contributed by atoms with E-state index in [1.54, 1.807) is 0 Å². The first-order chi connectivity index (χ1) is 48.1. The Morgan fingerprint density at radius 1 is 0.316 bits per heavy atom. The largest absolute Gasteiger partial charge is 0.545 e. The summed E-state index contributed by atoms with van der Waals surface area (Å²) in [5.41, 5.74) is 0. The molecule has 0 radical (unpaired) electrons. The predicted octanol–water partition coefficient (Wildman–Crippen LogP) is 25.3. The molecule has 0 rings (SSSR count). The van der Waals surface area contributed by atoms with E-state index in [0.29, 0.717) is 17.4 Å². The SMILES string of the molecule is CC/C=C\C/C=C\C/C=C\C/C=C\C/C=C\C/C=C\C/C=C\C/C=C\C/C=C\C/C=C\CCCCC(=O)OC(COC(=O)CCCCCCCCCCCCCCCCCCCCCCCCCCCCCCCCCCCCCCCCCC)COC(OCC[N+](C)(C)C)C(=O)[O-]. The van der Waals surface area contributed by atoms with Crippen molar-refractivity contribution in [3.63, 3.8) is 0 Å². The van der Waals surface area contributed by atoms with Crippen LogP contribution < -0.4 is 5.11 Å². The Kier molecular flexibility index (Phi) is 75.0. The molecule has 0 aliphatic carbocycles. The van der Waals surface area contributed by atoms with Crippen LogP contribution in [0.2, 0.25) is 0 Å². The fourth-order valence-electron chi connectivity index (χ4n) is 11.7. The molecular formula is C89H155NO8. The number of quaternary nitrogens is 1. The molecule has 0 heterocycles. The zero-order chi connectivity index (χ0) is 71.1. The average Bonchev–Trinajstić information content (AvgIpc) is 1.14. The number of likely N-dealkylation sites (N-methyl/N-ethyl adjacent to an activating group) is 1. The first-order valence-electron chi connectivity index (χ1n) is 41.2. The van der Waals surface area contributed by atoms with Crippen LogP contribution in [0.25, 0.3) is 0 Å². The number of carboxylic acid groups (broad SMARTS) is 1. The maximum absolute atomic E-state index is 12.9. The van der Waals surface area contributed by atoms with Gasteiger partial charge in [-0.25, -0.2) is 0 Å². The maximum atomic E-state index is 12.9. The van der Waals surface area contributed by atoms with Crippen molar-refractivity contribution in [3.05, 3.63) is 122 Å². The monoisotopic (exact) mass is 1370 g/mol. The van der Waals surface area contributed by atoms with Crippen LogP contribution in [-0.2, 0) is 33.3 Å². The van der Waals surface area contributed by atoms with Gasteiger partial charge in [-0.05, 0) is 89.9 Å². The lowest BCUT2D eigenvalue weighted by Gasteiger charge is -2.26. The van der Waals surface area contributed by atoms with Gasteiger partial charge in [0.15, 0.2) is 12.4 Å². The predicted molar refractivity (Wildman–Crippen MR) is 421 cm³/mol. The third-order valence-corrected chi connectivity index (χ3v) is 18.0. The molecule has 0 fully saturated rings. The Balaban J connectivity index is 4.06. The van der Waals surface area contributed by atoms with E-state index in [9.17, 15) is 19.5 Å². The van der Waals surface area contributed by atoms with Crippen molar-refractivity contribution >= 4 is 17.9 Å². The Bertz CT molecular complexity index is 2030. The van der Waals surface area contributed by atoms with Gasteiger partial charge in [-0.15, -0.1) is 0 Å². The Hall–Kier alpha value is -4.31. The van der Waals surface area contributed by atoms with E-state index in [0.717, 1.165) is 96.3 Å². The Morgan fingerprint density at radius 2 is 0.582 bits per heavy atom. The van der Waals surface area contributed by atoms with E-state index in [-0.39, 0.29) is 38.6 Å². The van der Waals surface area contributed by atoms with Crippen molar-refractivity contribution in [1.82, 2.24) is 0 Å². The van der Waals surface area contributed by atoms with E-state index in [1.165, 1.54) is 238 Å². The molecule has 98 heavy (non-hydrogen) atoms. The summed E-state index contributed by atoms with van der Waals surface area (Å²) in [5.74, 6) is -2.34. The minimum atomic E-state index is -1.64. The minimum Gasteiger partial charge on any atom is -0.545 e. The van der Waals surface area contributed by atoms with E-state index in [2.05, 4.69) is 135 Å². The average molecular weight is 1370 g/mol. The quantitative estimate of drug-likeness (QED) is 0.0195. The van der Waals surface area contributed by atoms with Crippen LogP contribution in [-0.4, -0.2) is 82.3 Å². The van der Waals surface area contributed by atoms with Crippen LogP contribution in [0.3, 0.4) is 0 Å². The van der Waals surface area contributed by atoms with Crippen molar-refractivity contribution in [2.75, 3.05) is 47.5 Å². The molecule has 564 valence electrons. The van der Waals surface area contributed by atoms with Crippen molar-refractivity contribution in [2.24, 2.45) is 0 Å². The Morgan fingerprint density at radius 3 is 0.867 bits per heavy atom. The lowest BCUT2D eigenvalue weighted by atomic mass is 10.0. The van der Waals surface area contributed by atoms with E-state index in [4.69, 9.17) is 18.9 Å². The van der Waals surface area contributed by atoms with Crippen LogP contribution in [0.4, 0.5) is 0 Å². The molecule has 0 aromatic carbocycles. The summed E-state index contributed by atoms with van der Waals surface area (Å²) in [6.45, 7) is 4.62. The van der Waals surface area contributed by atoms with Crippen molar-refractivity contribution in [1.29, 1.82) is 0 Å². The summed E-state index contributed by atoms with van der Waals surface area (Å²) in [4.78, 5) is 37.6. The van der Waals surface area contributed by atoms with Gasteiger partial charge in [-0.1, -0.05) is 386 Å². The van der Waals surface area contributed by atoms with Gasteiger partial charge in [0.05, 0.1) is 40.3 Å². The van der Waals surface area contributed by atoms with Crippen LogP contribution >= 0.6 is 0 Å². The van der Waals surface area contributed by atoms with Crippen LogP contribution in [0.15, 0.2) is 122 Å². The number of nitrogens with zero attached hydrogens (tertiary/aromatic N) is 1. The van der Waals surface area contributed by atoms with E-state index < -0.39 is 24.3 Å². The number of esters is 2. The fraction of sp³-hybridized carbons (Fsp3) is 0.742. The zero-order valence-electron chi connectivity index (χ0n) is 64.6. The van der Waals surface area contributed by atoms with Crippen molar-refractivity contribution in [3.8, 4) is 0 Å². The molecule has 2 unspecified atom stereocenters. The smallest absolute Gasteiger partial charge is 0.306 e. The number of hydrogen-bond acceptors (Lipinski definition) is 8. The van der Waals surface area contributed by atoms with Crippen molar-refractivity contribution in [2.45, 2.75) is 379 Å². The lowest BCUT2D eigenvalue weighted by molar-refractivity contribution is -0.870. The first kappa shape index (κ1) is 93.7. The molecule has 9 heteroatoms. The fourth-order valence-corrected chi connectivity index (χ4v) is 11.7. The molecule has 0 spiro atoms. The summed E-state index contributed by atoms with van der Waals surface area (Å²) >= 11 is 0. The number of ether oxygens (including phenoxy) is 4. The number of unbranched alkanes of at least 4 members (excludes halogenated alkanes) is 41. The van der Waals surface area contributed by atoms with Gasteiger partial charge in [-0.3, -0.25) is 9.59 Å². The molecule has 0 saturated heterocycles. The standard InChI is InChI=1S/C89H155NO8/c1-6-8-10-12-14-16-18-20-22-24-26-28-30-32-34-36-38-40-41-42-43-44-45-46-48-49-51-53-55-57-59-61-63-65-67-69-71-73-75-77-79-86(91)96-83-85(84-97-89(88(93)94)95-82-81-90(3,4)5)98-87(92)80-78-76-74-72-70-68-66-64-62-60-58-56-54-52-50-47-39-37-35-33-31-29-27-25-23-21-19-17-15-13-11-9-7-2/h9,11,15,17,21,23,27,29,33,35,39,47,52,54,58,60,64,66,70,72,85,89H,6-8,10,12-14,16,18-20,22,24-26,28,30-32,34,36-38,40-46,48-51,53,55-57,59,61-63,65,67-69,71,73-84H2,1-5H3/b11-9-,17-15-,23-21-,29-27-,35-33-,47-39-,54-52-,60-58-,66-64-,72-70-. The number of allylic oxidation sites excluding steroid dienone is 20. The molecule has 0 aromatic heterocycles. The number of carbonyl (C=O) groups excluding carboxylic acids is 3. The van der Waals surface area contributed by atoms with Crippen molar-refractivity contribution < 1.29 is 42.9 Å². The molecule has 0 bridgehead atoms. The van der Waals surface area contributed by atoms with Gasteiger partial charge in [0.1, 0.15) is 13.2 Å². The highest BCUT2D eigenvalue weighted by Gasteiger charge is 2.22. The van der Waals surface area contributed by atoms with Gasteiger partial charge < -0.3 is 33.3 Å². The number of rotatable bonds is 76. The Labute approximate surface area is 606 Å². The second-order valence-corrected chi connectivity index (χ2v) is 28.7. The minimum absolute atomic E-state index is 0.134. The summed E-state index contributed by atoms with van der Waals surface area (Å²) in [5, 5.41) is 11.9. The summed E-state index contributed by atoms with van der Waals surface area (Å²) in [6, 6.07) is 0. The number of hydrogen-bond donors (Lipinski definition) is 0. The van der Waals surface area contributed by atoms with Gasteiger partial charge in [0.25, 0.3) is 0 Å². The van der Waals surface area contributed by atoms with Crippen LogP contribution in [0, 0.1) is 0 Å². The topological polar surface area (TPSA) is 111 Å². The number of carbonyl (C=O) groups is 3. The second kappa shape index (κ2) is 78.4. The third-order valence-electron chi connectivity index (χ3n) is 18.0. The highest BCUT2D eigenvalue weighted by atomic mass is 16.7. The molecular weight excluding hydrogens is 1210 g/mol. The third kappa shape index (κ3) is 79.0. The normalized spacial score (nSPS) is 13.3.